The molecule has 0 aliphatic carbocycles. The number of halogens is 1. The Morgan fingerprint density at radius 3 is 2.96 bits per heavy atom. The van der Waals surface area contributed by atoms with Crippen LogP contribution in [0.2, 0.25) is 0 Å². The van der Waals surface area contributed by atoms with Gasteiger partial charge in [0, 0.05) is 38.6 Å². The molecule has 1 fully saturated rings. The Morgan fingerprint density at radius 2 is 2.30 bits per heavy atom. The van der Waals surface area contributed by atoms with Crippen LogP contribution in [-0.4, -0.2) is 46.6 Å². The number of nitrogens with one attached hydrogen (secondary N) is 1. The number of likely N-dealkylation sites (tertiary alicyclic amines) is 1. The monoisotopic (exact) mass is 431 g/mol. The molecule has 0 saturated carbocycles. The summed E-state index contributed by atoms with van der Waals surface area (Å²) >= 11 is 0. The van der Waals surface area contributed by atoms with Gasteiger partial charge < -0.3 is 14.8 Å². The van der Waals surface area contributed by atoms with Crippen molar-refractivity contribution in [2.24, 2.45) is 10.9 Å². The Morgan fingerprint density at radius 1 is 1.48 bits per heavy atom. The highest BCUT2D eigenvalue weighted by atomic mass is 127. The zero-order valence-corrected chi connectivity index (χ0v) is 16.8. The molecule has 1 aromatic heterocycles. The summed E-state index contributed by atoms with van der Waals surface area (Å²) in [5, 5.41) is 3.44. The highest BCUT2D eigenvalue weighted by Crippen LogP contribution is 2.27. The lowest BCUT2D eigenvalue weighted by atomic mass is 9.93. The van der Waals surface area contributed by atoms with Crippen molar-refractivity contribution in [2.45, 2.75) is 39.7 Å². The van der Waals surface area contributed by atoms with Gasteiger partial charge in [-0.05, 0) is 32.6 Å². The molecule has 2 unspecified atom stereocenters. The second-order valence-electron chi connectivity index (χ2n) is 5.88. The van der Waals surface area contributed by atoms with Crippen LogP contribution in [0.25, 0.3) is 0 Å². The molecule has 0 bridgehead atoms. The van der Waals surface area contributed by atoms with Crippen LogP contribution in [0.3, 0.4) is 0 Å². The maximum absolute atomic E-state index is 4.77. The van der Waals surface area contributed by atoms with Crippen molar-refractivity contribution in [2.75, 3.05) is 26.2 Å². The highest BCUT2D eigenvalue weighted by Gasteiger charge is 2.28. The van der Waals surface area contributed by atoms with Crippen molar-refractivity contribution < 1.29 is 0 Å². The number of piperidine rings is 1. The first-order valence-corrected chi connectivity index (χ1v) is 8.38. The van der Waals surface area contributed by atoms with Crippen LogP contribution in [-0.2, 0) is 0 Å². The Labute approximate surface area is 157 Å². The SMILES string of the molecule is C/C=C/CCN=C(NCC)N1CCC(C)C(n2ccnc2)C1.I. The first-order chi connectivity index (χ1) is 10.8. The van der Waals surface area contributed by atoms with Gasteiger partial charge in [-0.15, -0.1) is 24.0 Å². The van der Waals surface area contributed by atoms with Crippen molar-refractivity contribution in [3.8, 4) is 0 Å². The fourth-order valence-corrected chi connectivity index (χ4v) is 2.93. The second kappa shape index (κ2) is 10.7. The van der Waals surface area contributed by atoms with Crippen LogP contribution >= 0.6 is 24.0 Å². The van der Waals surface area contributed by atoms with Crippen molar-refractivity contribution in [1.29, 1.82) is 0 Å². The van der Waals surface area contributed by atoms with E-state index in [1.165, 1.54) is 6.42 Å². The molecular formula is C17H30IN5. The zero-order valence-electron chi connectivity index (χ0n) is 14.5. The minimum Gasteiger partial charge on any atom is -0.357 e. The van der Waals surface area contributed by atoms with E-state index in [-0.39, 0.29) is 24.0 Å². The Bertz CT molecular complexity index is 483. The summed E-state index contributed by atoms with van der Waals surface area (Å²) in [6.45, 7) is 10.3. The minimum atomic E-state index is 0. The predicted octanol–water partition coefficient (Wildman–Crippen LogP) is 3.32. The number of aromatic nitrogens is 2. The Balaban J connectivity index is 0.00000264. The van der Waals surface area contributed by atoms with Gasteiger partial charge in [0.25, 0.3) is 0 Å². The molecule has 1 saturated heterocycles. The maximum Gasteiger partial charge on any atom is 0.193 e. The molecule has 5 nitrogen and oxygen atoms in total. The lowest BCUT2D eigenvalue weighted by Crippen LogP contribution is -2.49. The molecule has 0 amide bonds. The number of nitrogens with zero attached hydrogens (tertiary/aromatic N) is 4. The summed E-state index contributed by atoms with van der Waals surface area (Å²) in [6, 6.07) is 0.468. The van der Waals surface area contributed by atoms with Gasteiger partial charge in [0.1, 0.15) is 0 Å². The third-order valence-corrected chi connectivity index (χ3v) is 4.25. The van der Waals surface area contributed by atoms with E-state index < -0.39 is 0 Å². The smallest absolute Gasteiger partial charge is 0.193 e. The van der Waals surface area contributed by atoms with Gasteiger partial charge in [-0.1, -0.05) is 19.1 Å². The molecular weight excluding hydrogens is 401 g/mol. The van der Waals surface area contributed by atoms with Crippen LogP contribution in [0.1, 0.15) is 39.7 Å². The number of hydrogen-bond acceptors (Lipinski definition) is 2. The van der Waals surface area contributed by atoms with Gasteiger partial charge in [-0.3, -0.25) is 4.99 Å². The summed E-state index contributed by atoms with van der Waals surface area (Å²) in [4.78, 5) is 11.4. The lowest BCUT2D eigenvalue weighted by Gasteiger charge is -2.39. The summed E-state index contributed by atoms with van der Waals surface area (Å²) in [5.74, 6) is 1.71. The molecule has 2 heterocycles. The van der Waals surface area contributed by atoms with Crippen LogP contribution in [0.5, 0.6) is 0 Å². The van der Waals surface area contributed by atoms with E-state index in [0.29, 0.717) is 12.0 Å². The van der Waals surface area contributed by atoms with Crippen molar-refractivity contribution in [1.82, 2.24) is 19.8 Å². The first-order valence-electron chi connectivity index (χ1n) is 8.38. The first kappa shape index (κ1) is 20.0. The molecule has 1 aliphatic rings. The molecule has 1 aromatic rings. The van der Waals surface area contributed by atoms with Crippen molar-refractivity contribution >= 4 is 29.9 Å². The Kier molecular flexibility index (Phi) is 9.28. The van der Waals surface area contributed by atoms with Crippen LogP contribution in [0, 0.1) is 5.92 Å². The van der Waals surface area contributed by atoms with E-state index >= 15 is 0 Å². The van der Waals surface area contributed by atoms with E-state index in [2.05, 4.69) is 58.9 Å². The predicted molar refractivity (Wildman–Crippen MR) is 107 cm³/mol. The van der Waals surface area contributed by atoms with Crippen LogP contribution in [0.15, 0.2) is 35.9 Å². The van der Waals surface area contributed by atoms with Crippen LogP contribution < -0.4 is 5.32 Å². The van der Waals surface area contributed by atoms with Gasteiger partial charge in [-0.2, -0.15) is 0 Å². The number of guanidine groups is 1. The molecule has 2 rings (SSSR count). The van der Waals surface area contributed by atoms with Gasteiger partial charge in [0.2, 0.25) is 0 Å². The molecule has 6 heteroatoms. The average Bonchev–Trinajstić information content (AvgIpc) is 3.05. The number of hydrogen-bond donors (Lipinski definition) is 1. The van der Waals surface area contributed by atoms with Crippen LogP contribution in [0.4, 0.5) is 0 Å². The topological polar surface area (TPSA) is 45.5 Å². The molecule has 0 radical (unpaired) electrons. The largest absolute Gasteiger partial charge is 0.357 e. The zero-order chi connectivity index (χ0) is 15.8. The van der Waals surface area contributed by atoms with Gasteiger partial charge >= 0.3 is 0 Å². The van der Waals surface area contributed by atoms with E-state index in [1.807, 2.05) is 12.5 Å². The highest BCUT2D eigenvalue weighted by molar-refractivity contribution is 14.0. The molecule has 23 heavy (non-hydrogen) atoms. The number of imidazole rings is 1. The molecule has 0 spiro atoms. The van der Waals surface area contributed by atoms with Gasteiger partial charge in [-0.25, -0.2) is 4.98 Å². The normalized spacial score (nSPS) is 22.2. The van der Waals surface area contributed by atoms with Gasteiger partial charge in [0.15, 0.2) is 5.96 Å². The average molecular weight is 431 g/mol. The third-order valence-electron chi connectivity index (χ3n) is 4.25. The number of aliphatic imine (C=N–C) groups is 1. The van der Waals surface area contributed by atoms with Crippen molar-refractivity contribution in [3.05, 3.63) is 30.9 Å². The molecule has 1 N–H and O–H groups in total. The van der Waals surface area contributed by atoms with E-state index in [0.717, 1.165) is 38.6 Å². The number of rotatable bonds is 5. The second-order valence-corrected chi connectivity index (χ2v) is 5.88. The lowest BCUT2D eigenvalue weighted by molar-refractivity contribution is 0.189. The van der Waals surface area contributed by atoms with Crippen molar-refractivity contribution in [3.63, 3.8) is 0 Å². The van der Waals surface area contributed by atoms with E-state index in [1.54, 1.807) is 0 Å². The standard InChI is InChI=1S/C17H29N5.HI/c1-4-6-7-9-20-17(19-5-2)21-11-8-15(3)16(13-21)22-12-10-18-14-22;/h4,6,10,12,14-16H,5,7-9,11,13H2,1-3H3,(H,19,20);1H/b6-4+;. The summed E-state index contributed by atoms with van der Waals surface area (Å²) in [6.07, 6.45) is 12.3. The van der Waals surface area contributed by atoms with E-state index in [9.17, 15) is 0 Å². The number of allylic oxidation sites excluding steroid dienone is 1. The fourth-order valence-electron chi connectivity index (χ4n) is 2.93. The Hall–Kier alpha value is -1.05. The molecule has 1 aliphatic heterocycles. The maximum atomic E-state index is 4.77. The van der Waals surface area contributed by atoms with Gasteiger partial charge in [0.05, 0.1) is 12.4 Å². The molecule has 0 aromatic carbocycles. The summed E-state index contributed by atoms with van der Waals surface area (Å²) in [5.41, 5.74) is 0. The summed E-state index contributed by atoms with van der Waals surface area (Å²) < 4.78 is 2.24. The quantitative estimate of drug-likeness (QED) is 0.256. The van der Waals surface area contributed by atoms with E-state index in [4.69, 9.17) is 4.99 Å². The molecule has 2 atom stereocenters. The fraction of sp³-hybridized carbons (Fsp3) is 0.647. The third kappa shape index (κ3) is 5.82. The molecule has 130 valence electrons. The summed E-state index contributed by atoms with van der Waals surface area (Å²) in [7, 11) is 0. The minimum absolute atomic E-state index is 0.